The summed E-state index contributed by atoms with van der Waals surface area (Å²) < 4.78 is 1.10. The van der Waals surface area contributed by atoms with Gasteiger partial charge in [0.1, 0.15) is 11.9 Å². The van der Waals surface area contributed by atoms with E-state index in [1.165, 1.54) is 0 Å². The molecule has 2 aliphatic rings. The predicted molar refractivity (Wildman–Crippen MR) is 94.9 cm³/mol. The molecular weight excluding hydrogens is 322 g/mol. The molecule has 0 bridgehead atoms. The van der Waals surface area contributed by atoms with Crippen molar-refractivity contribution in [3.8, 4) is 0 Å². The molecule has 126 valence electrons. The number of carbonyl (C=O) groups is 2. The van der Waals surface area contributed by atoms with E-state index < -0.39 is 0 Å². The monoisotopic (exact) mass is 343 g/mol. The molecule has 0 spiro atoms. The Balaban J connectivity index is 1.50. The maximum atomic E-state index is 12.8. The highest BCUT2D eigenvalue weighted by molar-refractivity contribution is 7.17. The van der Waals surface area contributed by atoms with E-state index >= 15 is 0 Å². The first-order valence-electron chi connectivity index (χ1n) is 8.67. The van der Waals surface area contributed by atoms with E-state index in [-0.39, 0.29) is 23.8 Å². The van der Waals surface area contributed by atoms with E-state index in [4.69, 9.17) is 0 Å². The van der Waals surface area contributed by atoms with Gasteiger partial charge in [0.15, 0.2) is 0 Å². The van der Waals surface area contributed by atoms with Crippen molar-refractivity contribution in [1.29, 1.82) is 0 Å². The summed E-state index contributed by atoms with van der Waals surface area (Å²) in [5.74, 6) is 0.785. The molecule has 1 atom stereocenters. The summed E-state index contributed by atoms with van der Waals surface area (Å²) in [7, 11) is 0. The van der Waals surface area contributed by atoms with Crippen LogP contribution in [0.25, 0.3) is 10.1 Å². The minimum absolute atomic E-state index is 0.106. The topological polar surface area (TPSA) is 62.3 Å². The Morgan fingerprint density at radius 2 is 2.00 bits per heavy atom. The second-order valence-corrected chi connectivity index (χ2v) is 7.60. The molecule has 2 aromatic heterocycles. The van der Waals surface area contributed by atoms with E-state index in [0.29, 0.717) is 12.4 Å². The zero-order valence-corrected chi connectivity index (χ0v) is 14.3. The molecule has 3 heterocycles. The number of rotatable bonds is 3. The van der Waals surface area contributed by atoms with Gasteiger partial charge in [0.2, 0.25) is 11.8 Å². The molecule has 1 saturated carbocycles. The minimum atomic E-state index is -0.353. The molecule has 0 radical (unpaired) electrons. The molecule has 24 heavy (non-hydrogen) atoms. The van der Waals surface area contributed by atoms with Crippen molar-refractivity contribution in [2.75, 3.05) is 11.9 Å². The number of nitrogens with one attached hydrogen (secondary N) is 1. The fourth-order valence-electron chi connectivity index (χ4n) is 3.90. The van der Waals surface area contributed by atoms with Gasteiger partial charge in [-0.2, -0.15) is 0 Å². The van der Waals surface area contributed by atoms with Gasteiger partial charge in [-0.05, 0) is 43.2 Å². The Morgan fingerprint density at radius 3 is 2.83 bits per heavy atom. The summed E-state index contributed by atoms with van der Waals surface area (Å²) in [4.78, 5) is 31.6. The van der Waals surface area contributed by atoms with Gasteiger partial charge in [0.25, 0.3) is 0 Å². The molecule has 2 aromatic rings. The lowest BCUT2D eigenvalue weighted by Gasteiger charge is -2.26. The van der Waals surface area contributed by atoms with Gasteiger partial charge in [-0.1, -0.05) is 12.8 Å². The van der Waals surface area contributed by atoms with Gasteiger partial charge in [0, 0.05) is 28.7 Å². The van der Waals surface area contributed by atoms with Crippen LogP contribution in [-0.2, 0) is 9.59 Å². The van der Waals surface area contributed by atoms with Gasteiger partial charge in [-0.15, -0.1) is 11.3 Å². The third kappa shape index (κ3) is 2.79. The van der Waals surface area contributed by atoms with Crippen molar-refractivity contribution in [2.45, 2.75) is 44.6 Å². The molecule has 6 heteroatoms. The quantitative estimate of drug-likeness (QED) is 0.929. The van der Waals surface area contributed by atoms with Crippen LogP contribution in [0, 0.1) is 5.92 Å². The van der Waals surface area contributed by atoms with Crippen molar-refractivity contribution in [1.82, 2.24) is 9.88 Å². The zero-order chi connectivity index (χ0) is 16.5. The molecule has 1 saturated heterocycles. The molecule has 1 N–H and O–H groups in total. The van der Waals surface area contributed by atoms with Crippen LogP contribution in [0.4, 0.5) is 5.82 Å². The average molecular weight is 343 g/mol. The third-order valence-corrected chi connectivity index (χ3v) is 6.05. The van der Waals surface area contributed by atoms with Crippen molar-refractivity contribution >= 4 is 39.1 Å². The SMILES string of the molecule is O=C(Nc1nccc2sccc12)C1CCCN1C(=O)C1CCCC1. The summed E-state index contributed by atoms with van der Waals surface area (Å²) >= 11 is 1.63. The molecule has 0 aromatic carbocycles. The number of pyridine rings is 1. The van der Waals surface area contributed by atoms with E-state index in [2.05, 4.69) is 10.3 Å². The van der Waals surface area contributed by atoms with Crippen molar-refractivity contribution in [2.24, 2.45) is 5.92 Å². The molecule has 1 aliphatic carbocycles. The fraction of sp³-hybridized carbons (Fsp3) is 0.500. The molecule has 1 aliphatic heterocycles. The summed E-state index contributed by atoms with van der Waals surface area (Å²) in [6.07, 6.45) is 7.55. The molecular formula is C18H21N3O2S. The maximum Gasteiger partial charge on any atom is 0.248 e. The normalized spacial score (nSPS) is 21.5. The van der Waals surface area contributed by atoms with E-state index in [0.717, 1.165) is 48.6 Å². The molecule has 1 unspecified atom stereocenters. The fourth-order valence-corrected chi connectivity index (χ4v) is 4.69. The Kier molecular flexibility index (Phi) is 4.22. The van der Waals surface area contributed by atoms with Crippen molar-refractivity contribution < 1.29 is 9.59 Å². The lowest BCUT2D eigenvalue weighted by molar-refractivity contribution is -0.140. The predicted octanol–water partition coefficient (Wildman–Crippen LogP) is 3.42. The number of amides is 2. The van der Waals surface area contributed by atoms with Crippen LogP contribution >= 0.6 is 11.3 Å². The van der Waals surface area contributed by atoms with Crippen LogP contribution in [0.3, 0.4) is 0 Å². The van der Waals surface area contributed by atoms with Gasteiger partial charge in [-0.25, -0.2) is 4.98 Å². The summed E-state index contributed by atoms with van der Waals surface area (Å²) in [6, 6.07) is 3.56. The Labute approximate surface area is 145 Å². The zero-order valence-electron chi connectivity index (χ0n) is 13.5. The minimum Gasteiger partial charge on any atom is -0.330 e. The second-order valence-electron chi connectivity index (χ2n) is 6.65. The molecule has 4 rings (SSSR count). The van der Waals surface area contributed by atoms with E-state index in [9.17, 15) is 9.59 Å². The number of hydrogen-bond donors (Lipinski definition) is 1. The smallest absolute Gasteiger partial charge is 0.248 e. The number of fused-ring (bicyclic) bond motifs is 1. The number of carbonyl (C=O) groups excluding carboxylic acids is 2. The van der Waals surface area contributed by atoms with Gasteiger partial charge in [0.05, 0.1) is 0 Å². The number of thiophene rings is 1. The standard InChI is InChI=1S/C18H21N3O2S/c22-17(20-16-13-8-11-24-15(13)7-9-19-16)14-6-3-10-21(14)18(23)12-4-1-2-5-12/h7-9,11-12,14H,1-6,10H2,(H,19,20,22). The van der Waals surface area contributed by atoms with E-state index in [1.807, 2.05) is 17.5 Å². The molecule has 5 nitrogen and oxygen atoms in total. The first-order valence-corrected chi connectivity index (χ1v) is 9.55. The number of hydrogen-bond acceptors (Lipinski definition) is 4. The van der Waals surface area contributed by atoms with Crippen LogP contribution in [-0.4, -0.2) is 34.3 Å². The van der Waals surface area contributed by atoms with E-state index in [1.54, 1.807) is 22.4 Å². The summed E-state index contributed by atoms with van der Waals surface area (Å²) in [5, 5.41) is 5.91. The third-order valence-electron chi connectivity index (χ3n) is 5.16. The number of anilines is 1. The van der Waals surface area contributed by atoms with Crippen LogP contribution < -0.4 is 5.32 Å². The summed E-state index contributed by atoms with van der Waals surface area (Å²) in [6.45, 7) is 0.698. The first kappa shape index (κ1) is 15.6. The highest BCUT2D eigenvalue weighted by Gasteiger charge is 2.37. The number of nitrogens with zero attached hydrogens (tertiary/aromatic N) is 2. The van der Waals surface area contributed by atoms with Crippen molar-refractivity contribution in [3.63, 3.8) is 0 Å². The molecule has 2 amide bonds. The van der Waals surface area contributed by atoms with Crippen LogP contribution in [0.1, 0.15) is 38.5 Å². The largest absolute Gasteiger partial charge is 0.330 e. The Hall–Kier alpha value is -1.95. The number of aromatic nitrogens is 1. The number of likely N-dealkylation sites (tertiary alicyclic amines) is 1. The van der Waals surface area contributed by atoms with Gasteiger partial charge >= 0.3 is 0 Å². The van der Waals surface area contributed by atoms with Crippen LogP contribution in [0.2, 0.25) is 0 Å². The van der Waals surface area contributed by atoms with Crippen molar-refractivity contribution in [3.05, 3.63) is 23.7 Å². The maximum absolute atomic E-state index is 12.8. The highest BCUT2D eigenvalue weighted by Crippen LogP contribution is 2.31. The van der Waals surface area contributed by atoms with Crippen LogP contribution in [0.5, 0.6) is 0 Å². The van der Waals surface area contributed by atoms with Crippen LogP contribution in [0.15, 0.2) is 23.7 Å². The lowest BCUT2D eigenvalue weighted by Crippen LogP contribution is -2.45. The Morgan fingerprint density at radius 1 is 1.17 bits per heavy atom. The highest BCUT2D eigenvalue weighted by atomic mass is 32.1. The Bertz CT molecular complexity index is 766. The van der Waals surface area contributed by atoms with Gasteiger partial charge in [-0.3, -0.25) is 9.59 Å². The lowest BCUT2D eigenvalue weighted by atomic mass is 10.1. The summed E-state index contributed by atoms with van der Waals surface area (Å²) in [5.41, 5.74) is 0. The first-order chi connectivity index (χ1) is 11.7. The average Bonchev–Trinajstić information content (AvgIpc) is 3.33. The molecule has 2 fully saturated rings. The second kappa shape index (κ2) is 6.51. The van der Waals surface area contributed by atoms with Gasteiger partial charge < -0.3 is 10.2 Å².